The van der Waals surface area contributed by atoms with Crippen LogP contribution < -0.4 is 8.25 Å². The fourth-order valence-electron chi connectivity index (χ4n) is 2.14. The molecule has 0 spiro atoms. The Hall–Kier alpha value is -2.24. The summed E-state index contributed by atoms with van der Waals surface area (Å²) in [7, 11) is 0. The molecular weight excluding hydrogens is 307 g/mol. The molecule has 1 aliphatic heterocycles. The Balaban J connectivity index is 1.84. The first-order chi connectivity index (χ1) is 9.43. The molecule has 1 aromatic carbocycles. The fourth-order valence-corrected chi connectivity index (χ4v) is 3.93. The minimum atomic E-state index is 0.145. The van der Waals surface area contributed by atoms with Crippen molar-refractivity contribution in [3.63, 3.8) is 0 Å². The Bertz CT molecular complexity index is 691. The van der Waals surface area contributed by atoms with Crippen molar-refractivity contribution in [2.24, 2.45) is 0 Å². The van der Waals surface area contributed by atoms with Gasteiger partial charge in [-0.15, -0.1) is 0 Å². The monoisotopic (exact) mass is 318 g/mol. The molecule has 7 heteroatoms. The van der Waals surface area contributed by atoms with Crippen LogP contribution in [0.25, 0.3) is 11.1 Å². The molecular formula is C12H10N6Se. The van der Waals surface area contributed by atoms with Gasteiger partial charge in [0.2, 0.25) is 0 Å². The first-order valence-corrected chi connectivity index (χ1v) is 7.40. The molecule has 0 atom stereocenters. The summed E-state index contributed by atoms with van der Waals surface area (Å²) in [4.78, 5) is 0. The Morgan fingerprint density at radius 2 is 1.95 bits per heavy atom. The predicted octanol–water partition coefficient (Wildman–Crippen LogP) is 1.90. The van der Waals surface area contributed by atoms with Crippen LogP contribution in [0.15, 0.2) is 43.0 Å². The average molecular weight is 317 g/mol. The number of rotatable bonds is 2. The van der Waals surface area contributed by atoms with Crippen LogP contribution in [0.3, 0.4) is 0 Å². The van der Waals surface area contributed by atoms with Gasteiger partial charge in [0, 0.05) is 0 Å². The number of hydrogen-bond donors (Lipinski definition) is 3. The molecule has 0 radical (unpaired) electrons. The van der Waals surface area contributed by atoms with E-state index in [1.54, 1.807) is 0 Å². The van der Waals surface area contributed by atoms with E-state index in [2.05, 4.69) is 46.8 Å². The molecule has 1 aliphatic rings. The molecule has 3 aromatic rings. The standard InChI is InChI=1S/C12H10N6Se/c1-2-10(8-4-13-14-5-8)12-11(3-1)18(19-17-12)9-6-15-16-7-9/h1-7,17H,(H,13,14)(H,15,16). The Kier molecular flexibility index (Phi) is 2.33. The van der Waals surface area contributed by atoms with Crippen molar-refractivity contribution in [2.75, 3.05) is 8.25 Å². The normalized spacial score (nSPS) is 13.4. The number of nitrogens with zero attached hydrogens (tertiary/aromatic N) is 3. The van der Waals surface area contributed by atoms with Crippen molar-refractivity contribution in [3.05, 3.63) is 43.0 Å². The van der Waals surface area contributed by atoms with Gasteiger partial charge < -0.3 is 0 Å². The number of aromatic nitrogens is 4. The number of nitrogens with one attached hydrogen (secondary N) is 3. The van der Waals surface area contributed by atoms with E-state index < -0.39 is 0 Å². The zero-order valence-corrected chi connectivity index (χ0v) is 11.5. The molecule has 2 aromatic heterocycles. The second-order valence-corrected chi connectivity index (χ2v) is 5.71. The summed E-state index contributed by atoms with van der Waals surface area (Å²) < 4.78 is 5.75. The van der Waals surface area contributed by atoms with Gasteiger partial charge in [-0.25, -0.2) is 0 Å². The molecule has 0 saturated heterocycles. The topological polar surface area (TPSA) is 72.6 Å². The van der Waals surface area contributed by atoms with Gasteiger partial charge in [-0.05, 0) is 0 Å². The molecule has 3 N–H and O–H groups in total. The Labute approximate surface area is 115 Å². The van der Waals surface area contributed by atoms with Gasteiger partial charge in [0.15, 0.2) is 0 Å². The van der Waals surface area contributed by atoms with Gasteiger partial charge in [-0.2, -0.15) is 0 Å². The molecule has 6 nitrogen and oxygen atoms in total. The number of para-hydroxylation sites is 1. The molecule has 0 amide bonds. The summed E-state index contributed by atoms with van der Waals surface area (Å²) in [5.41, 5.74) is 5.68. The van der Waals surface area contributed by atoms with Crippen molar-refractivity contribution in [1.29, 1.82) is 0 Å². The average Bonchev–Trinajstić information content (AvgIpc) is 3.18. The number of aromatic amines is 2. The molecule has 0 unspecified atom stereocenters. The van der Waals surface area contributed by atoms with Gasteiger partial charge in [-0.1, -0.05) is 0 Å². The quantitative estimate of drug-likeness (QED) is 0.631. The van der Waals surface area contributed by atoms with Crippen LogP contribution in [0.5, 0.6) is 0 Å². The molecule has 0 saturated carbocycles. The second-order valence-electron chi connectivity index (χ2n) is 4.13. The van der Waals surface area contributed by atoms with Crippen molar-refractivity contribution in [1.82, 2.24) is 20.4 Å². The van der Waals surface area contributed by atoms with Crippen LogP contribution in [0.4, 0.5) is 17.1 Å². The first kappa shape index (κ1) is 10.7. The summed E-state index contributed by atoms with van der Waals surface area (Å²) >= 11 is 0.145. The predicted molar refractivity (Wildman–Crippen MR) is 74.1 cm³/mol. The molecule has 19 heavy (non-hydrogen) atoms. The molecule has 0 fully saturated rings. The summed E-state index contributed by atoms with van der Waals surface area (Å²) in [6, 6.07) is 6.29. The van der Waals surface area contributed by atoms with Crippen molar-refractivity contribution >= 4 is 32.5 Å². The minimum absolute atomic E-state index is 0.145. The van der Waals surface area contributed by atoms with E-state index in [9.17, 15) is 0 Å². The van der Waals surface area contributed by atoms with E-state index in [0.717, 1.165) is 16.9 Å². The van der Waals surface area contributed by atoms with E-state index in [4.69, 9.17) is 0 Å². The Morgan fingerprint density at radius 3 is 2.74 bits per heavy atom. The number of fused-ring (bicyclic) bond motifs is 1. The zero-order valence-electron chi connectivity index (χ0n) is 9.79. The zero-order chi connectivity index (χ0) is 12.7. The van der Waals surface area contributed by atoms with E-state index in [-0.39, 0.29) is 15.4 Å². The van der Waals surface area contributed by atoms with Crippen LogP contribution in [0.2, 0.25) is 0 Å². The fraction of sp³-hybridized carbons (Fsp3) is 0. The molecule has 0 aliphatic carbocycles. The van der Waals surface area contributed by atoms with E-state index in [1.165, 1.54) is 11.3 Å². The molecule has 3 heterocycles. The second kappa shape index (κ2) is 4.15. The SMILES string of the molecule is c1cc(-c2cn[nH]c2)c2c(c1)N(c1cn[nH]c1)[Se]N2. The summed E-state index contributed by atoms with van der Waals surface area (Å²) in [6.45, 7) is 0. The van der Waals surface area contributed by atoms with Gasteiger partial charge in [-0.3, -0.25) is 0 Å². The molecule has 4 rings (SSSR count). The summed E-state index contributed by atoms with van der Waals surface area (Å²) in [5, 5.41) is 13.7. The van der Waals surface area contributed by atoms with Crippen molar-refractivity contribution in [3.8, 4) is 11.1 Å². The summed E-state index contributed by atoms with van der Waals surface area (Å²) in [5.74, 6) is 0. The van der Waals surface area contributed by atoms with Crippen LogP contribution in [0, 0.1) is 0 Å². The van der Waals surface area contributed by atoms with Gasteiger partial charge in [0.25, 0.3) is 0 Å². The van der Waals surface area contributed by atoms with Crippen molar-refractivity contribution in [2.45, 2.75) is 0 Å². The number of anilines is 3. The van der Waals surface area contributed by atoms with Gasteiger partial charge >= 0.3 is 115 Å². The third-order valence-electron chi connectivity index (χ3n) is 3.03. The van der Waals surface area contributed by atoms with Crippen LogP contribution in [-0.2, 0) is 0 Å². The van der Waals surface area contributed by atoms with Crippen molar-refractivity contribution < 1.29 is 0 Å². The van der Waals surface area contributed by atoms with Gasteiger partial charge in [0.1, 0.15) is 0 Å². The number of benzene rings is 1. The molecule has 0 bridgehead atoms. The van der Waals surface area contributed by atoms with Crippen LogP contribution in [-0.4, -0.2) is 35.8 Å². The Morgan fingerprint density at radius 1 is 1.05 bits per heavy atom. The third kappa shape index (κ3) is 1.63. The summed E-state index contributed by atoms with van der Waals surface area (Å²) in [6.07, 6.45) is 7.49. The maximum absolute atomic E-state index is 4.02. The van der Waals surface area contributed by atoms with E-state index in [1.807, 2.05) is 24.8 Å². The van der Waals surface area contributed by atoms with E-state index >= 15 is 0 Å². The van der Waals surface area contributed by atoms with E-state index in [0.29, 0.717) is 0 Å². The number of hydrogen-bond acceptors (Lipinski definition) is 4. The third-order valence-corrected chi connectivity index (χ3v) is 4.89. The van der Waals surface area contributed by atoms with Gasteiger partial charge in [0.05, 0.1) is 0 Å². The van der Waals surface area contributed by atoms with Crippen LogP contribution in [0.1, 0.15) is 0 Å². The number of H-pyrrole nitrogens is 2. The molecule has 94 valence electrons. The maximum atomic E-state index is 4.02. The first-order valence-electron chi connectivity index (χ1n) is 5.77. The van der Waals surface area contributed by atoms with Crippen LogP contribution >= 0.6 is 0 Å².